The lowest BCUT2D eigenvalue weighted by Gasteiger charge is -2.42. The molecule has 23 heavy (non-hydrogen) atoms. The lowest BCUT2D eigenvalue weighted by molar-refractivity contribution is 0.0185. The summed E-state index contributed by atoms with van der Waals surface area (Å²) >= 11 is 0. The molecule has 6 nitrogen and oxygen atoms in total. The highest BCUT2D eigenvalue weighted by Crippen LogP contribution is 2.40. The zero-order valence-electron chi connectivity index (χ0n) is 14.2. The van der Waals surface area contributed by atoms with Crippen molar-refractivity contribution in [1.29, 1.82) is 0 Å². The van der Waals surface area contributed by atoms with Gasteiger partial charge in [-0.3, -0.25) is 0 Å². The molecular formula is C17H28N4O2. The first-order chi connectivity index (χ1) is 11.1. The van der Waals surface area contributed by atoms with Crippen LogP contribution in [0.15, 0.2) is 18.7 Å². The standard InChI is InChI=1S/C17H28N4O2/c1-14-4-8-20(10-15(14)21-9-7-18-13-21)16(22)19-11-17(12-23-2)5-3-6-17/h7,9,13-15H,3-6,8,10-12H2,1-2H3,(H,19,22)/t14-,15-/m1/s1. The zero-order chi connectivity index (χ0) is 16.3. The van der Waals surface area contributed by atoms with E-state index in [1.807, 2.05) is 17.4 Å². The first-order valence-corrected chi connectivity index (χ1v) is 8.63. The first-order valence-electron chi connectivity index (χ1n) is 8.63. The number of hydrogen-bond acceptors (Lipinski definition) is 3. The molecule has 1 aliphatic heterocycles. The number of urea groups is 1. The van der Waals surface area contributed by atoms with Gasteiger partial charge in [0, 0.05) is 44.6 Å². The van der Waals surface area contributed by atoms with E-state index in [1.165, 1.54) is 6.42 Å². The van der Waals surface area contributed by atoms with Gasteiger partial charge in [0.1, 0.15) is 0 Å². The van der Waals surface area contributed by atoms with E-state index in [1.54, 1.807) is 13.3 Å². The van der Waals surface area contributed by atoms with Gasteiger partial charge in [0.05, 0.1) is 19.0 Å². The lowest BCUT2D eigenvalue weighted by Crippen LogP contribution is -2.52. The van der Waals surface area contributed by atoms with Crippen molar-refractivity contribution in [2.75, 3.05) is 33.4 Å². The van der Waals surface area contributed by atoms with Gasteiger partial charge in [-0.15, -0.1) is 0 Å². The van der Waals surface area contributed by atoms with Crippen LogP contribution in [0, 0.1) is 11.3 Å². The maximum atomic E-state index is 12.6. The second-order valence-corrected chi connectivity index (χ2v) is 7.23. The number of amides is 2. The highest BCUT2D eigenvalue weighted by molar-refractivity contribution is 5.74. The minimum Gasteiger partial charge on any atom is -0.384 e. The highest BCUT2D eigenvalue weighted by atomic mass is 16.5. The smallest absolute Gasteiger partial charge is 0.317 e. The molecule has 0 radical (unpaired) electrons. The number of ether oxygens (including phenoxy) is 1. The SMILES string of the molecule is COCC1(CNC(=O)N2CC[C@@H](C)[C@H](n3ccnc3)C2)CCC1. The van der Waals surface area contributed by atoms with Crippen LogP contribution in [0.25, 0.3) is 0 Å². The molecule has 2 heterocycles. The van der Waals surface area contributed by atoms with Crippen LogP contribution >= 0.6 is 0 Å². The topological polar surface area (TPSA) is 59.4 Å². The van der Waals surface area contributed by atoms with Crippen LogP contribution in [-0.4, -0.2) is 53.8 Å². The van der Waals surface area contributed by atoms with Gasteiger partial charge < -0.3 is 19.5 Å². The predicted molar refractivity (Wildman–Crippen MR) is 88.2 cm³/mol. The van der Waals surface area contributed by atoms with E-state index in [2.05, 4.69) is 21.8 Å². The van der Waals surface area contributed by atoms with Crippen LogP contribution in [-0.2, 0) is 4.74 Å². The number of carbonyl (C=O) groups excluding carboxylic acids is 1. The number of nitrogens with one attached hydrogen (secondary N) is 1. The number of imidazole rings is 1. The Kier molecular flexibility index (Phi) is 4.90. The summed E-state index contributed by atoms with van der Waals surface area (Å²) in [4.78, 5) is 18.6. The molecule has 3 rings (SSSR count). The van der Waals surface area contributed by atoms with Crippen LogP contribution in [0.2, 0.25) is 0 Å². The summed E-state index contributed by atoms with van der Waals surface area (Å²) in [6.45, 7) is 5.29. The Morgan fingerprint density at radius 3 is 2.91 bits per heavy atom. The molecule has 2 aliphatic rings. The number of piperidine rings is 1. The van der Waals surface area contributed by atoms with Crippen molar-refractivity contribution in [2.24, 2.45) is 11.3 Å². The number of hydrogen-bond donors (Lipinski definition) is 1. The Hall–Kier alpha value is -1.56. The molecule has 1 saturated carbocycles. The van der Waals surface area contributed by atoms with E-state index in [-0.39, 0.29) is 11.4 Å². The fraction of sp³-hybridized carbons (Fsp3) is 0.765. The van der Waals surface area contributed by atoms with E-state index < -0.39 is 0 Å². The molecule has 0 spiro atoms. The summed E-state index contributed by atoms with van der Waals surface area (Å²) in [6, 6.07) is 0.373. The number of methoxy groups -OCH3 is 1. The highest BCUT2D eigenvalue weighted by Gasteiger charge is 2.38. The van der Waals surface area contributed by atoms with Gasteiger partial charge >= 0.3 is 6.03 Å². The molecule has 6 heteroatoms. The van der Waals surface area contributed by atoms with Crippen LogP contribution in [0.5, 0.6) is 0 Å². The molecule has 0 aromatic carbocycles. The minimum absolute atomic E-state index is 0.0596. The van der Waals surface area contributed by atoms with Crippen molar-refractivity contribution in [2.45, 2.75) is 38.6 Å². The van der Waals surface area contributed by atoms with Gasteiger partial charge in [-0.25, -0.2) is 9.78 Å². The predicted octanol–water partition coefficient (Wildman–Crippen LogP) is 2.29. The second kappa shape index (κ2) is 6.91. The van der Waals surface area contributed by atoms with Crippen molar-refractivity contribution in [3.8, 4) is 0 Å². The summed E-state index contributed by atoms with van der Waals surface area (Å²) in [7, 11) is 1.74. The Labute approximate surface area is 138 Å². The van der Waals surface area contributed by atoms with Gasteiger partial charge in [-0.1, -0.05) is 13.3 Å². The normalized spacial score (nSPS) is 26.6. The molecule has 2 fully saturated rings. The molecule has 0 unspecified atom stereocenters. The summed E-state index contributed by atoms with van der Waals surface area (Å²) < 4.78 is 7.46. The molecule has 1 aromatic rings. The monoisotopic (exact) mass is 320 g/mol. The average Bonchev–Trinajstić information content (AvgIpc) is 3.04. The van der Waals surface area contributed by atoms with Crippen molar-refractivity contribution >= 4 is 6.03 Å². The molecule has 2 atom stereocenters. The van der Waals surface area contributed by atoms with Crippen molar-refractivity contribution in [1.82, 2.24) is 19.8 Å². The van der Waals surface area contributed by atoms with Gasteiger partial charge in [0.25, 0.3) is 0 Å². The molecule has 0 bridgehead atoms. The maximum Gasteiger partial charge on any atom is 0.317 e. The first kappa shape index (κ1) is 16.3. The van der Waals surface area contributed by atoms with Crippen molar-refractivity contribution in [3.05, 3.63) is 18.7 Å². The Balaban J connectivity index is 1.55. The molecular weight excluding hydrogens is 292 g/mol. The number of rotatable bonds is 5. The second-order valence-electron chi connectivity index (χ2n) is 7.23. The van der Waals surface area contributed by atoms with E-state index in [9.17, 15) is 4.79 Å². The van der Waals surface area contributed by atoms with E-state index in [0.717, 1.165) is 45.5 Å². The Morgan fingerprint density at radius 1 is 1.48 bits per heavy atom. The molecule has 1 aromatic heterocycles. The van der Waals surface area contributed by atoms with Crippen LogP contribution < -0.4 is 5.32 Å². The number of nitrogens with zero attached hydrogens (tertiary/aromatic N) is 3. The lowest BCUT2D eigenvalue weighted by atomic mass is 9.69. The molecule has 1 saturated heterocycles. The Morgan fingerprint density at radius 2 is 2.30 bits per heavy atom. The number of aromatic nitrogens is 2. The molecule has 128 valence electrons. The van der Waals surface area contributed by atoms with E-state index in [4.69, 9.17) is 4.74 Å². The minimum atomic E-state index is 0.0596. The summed E-state index contributed by atoms with van der Waals surface area (Å²) in [5.41, 5.74) is 0.164. The Bertz CT molecular complexity index is 513. The zero-order valence-corrected chi connectivity index (χ0v) is 14.2. The quantitative estimate of drug-likeness (QED) is 0.905. The summed E-state index contributed by atoms with van der Waals surface area (Å²) in [6.07, 6.45) is 10.2. The molecule has 2 amide bonds. The van der Waals surface area contributed by atoms with E-state index in [0.29, 0.717) is 12.0 Å². The summed E-state index contributed by atoms with van der Waals surface area (Å²) in [5, 5.41) is 3.14. The molecule has 1 N–H and O–H groups in total. The van der Waals surface area contributed by atoms with Gasteiger partial charge in [0.2, 0.25) is 0 Å². The fourth-order valence-corrected chi connectivity index (χ4v) is 3.82. The fourth-order valence-electron chi connectivity index (χ4n) is 3.82. The van der Waals surface area contributed by atoms with Gasteiger partial charge in [-0.2, -0.15) is 0 Å². The third-order valence-electron chi connectivity index (χ3n) is 5.59. The van der Waals surface area contributed by atoms with Crippen LogP contribution in [0.1, 0.15) is 38.6 Å². The third-order valence-corrected chi connectivity index (χ3v) is 5.59. The van der Waals surface area contributed by atoms with Gasteiger partial charge in [0.15, 0.2) is 0 Å². The van der Waals surface area contributed by atoms with Gasteiger partial charge in [-0.05, 0) is 25.2 Å². The largest absolute Gasteiger partial charge is 0.384 e. The molecule has 1 aliphatic carbocycles. The van der Waals surface area contributed by atoms with Crippen LogP contribution in [0.4, 0.5) is 4.79 Å². The van der Waals surface area contributed by atoms with Crippen LogP contribution in [0.3, 0.4) is 0 Å². The van der Waals surface area contributed by atoms with Crippen molar-refractivity contribution in [3.63, 3.8) is 0 Å². The number of carbonyl (C=O) groups is 1. The van der Waals surface area contributed by atoms with E-state index >= 15 is 0 Å². The van der Waals surface area contributed by atoms with Crippen molar-refractivity contribution < 1.29 is 9.53 Å². The summed E-state index contributed by atoms with van der Waals surface area (Å²) in [5.74, 6) is 0.555. The maximum absolute atomic E-state index is 12.6. The third kappa shape index (κ3) is 3.52. The average molecular weight is 320 g/mol. The number of likely N-dealkylation sites (tertiary alicyclic amines) is 1.